The highest BCUT2D eigenvalue weighted by atomic mass is 16.6. The third-order valence-electron chi connectivity index (χ3n) is 2.82. The Labute approximate surface area is 145 Å². The Bertz CT molecular complexity index is 606. The van der Waals surface area contributed by atoms with Crippen LogP contribution in [0.5, 0.6) is 11.8 Å². The lowest BCUT2D eigenvalue weighted by molar-refractivity contribution is -0.387. The first-order valence-corrected chi connectivity index (χ1v) is 7.41. The van der Waals surface area contributed by atoms with E-state index in [1.807, 2.05) is 0 Å². The first kappa shape index (κ1) is 20.2. The van der Waals surface area contributed by atoms with Crippen LogP contribution in [-0.4, -0.2) is 65.8 Å². The van der Waals surface area contributed by atoms with E-state index >= 15 is 0 Å². The number of likely N-dealkylation sites (N-methyl/N-ethyl adjacent to an activating group) is 1. The van der Waals surface area contributed by atoms with Gasteiger partial charge in [0, 0.05) is 20.1 Å². The van der Waals surface area contributed by atoms with Gasteiger partial charge in [0.15, 0.2) is 0 Å². The van der Waals surface area contributed by atoms with Crippen LogP contribution < -0.4 is 14.8 Å². The van der Waals surface area contributed by atoms with Crippen molar-refractivity contribution < 1.29 is 23.9 Å². The van der Waals surface area contributed by atoms with Gasteiger partial charge in [0.25, 0.3) is 0 Å². The number of amides is 1. The summed E-state index contributed by atoms with van der Waals surface area (Å²) >= 11 is 0. The molecule has 1 aromatic rings. The lowest BCUT2D eigenvalue weighted by Crippen LogP contribution is -2.36. The quantitative estimate of drug-likeness (QED) is 0.572. The number of carbonyl (C=O) groups is 1. The van der Waals surface area contributed by atoms with Crippen LogP contribution >= 0.6 is 0 Å². The number of carbonyl (C=O) groups excluding carboxylic acids is 1. The zero-order valence-corrected chi connectivity index (χ0v) is 15.2. The molecule has 0 saturated heterocycles. The van der Waals surface area contributed by atoms with Gasteiger partial charge in [-0.25, -0.2) is 4.79 Å². The summed E-state index contributed by atoms with van der Waals surface area (Å²) in [6.07, 6.45) is -0.464. The van der Waals surface area contributed by atoms with E-state index in [4.69, 9.17) is 14.2 Å². The maximum absolute atomic E-state index is 11.9. The standard InChI is InChI=1S/C14H23N5O6/c1-14(2,3)25-13(20)18(4)8-7-15-12-16-10(23-5)9(19(21)22)11(17-12)24-6/h7-8H2,1-6H3,(H,15,16,17). The van der Waals surface area contributed by atoms with Gasteiger partial charge in [-0.1, -0.05) is 0 Å². The highest BCUT2D eigenvalue weighted by Gasteiger charge is 2.27. The van der Waals surface area contributed by atoms with Crippen LogP contribution in [0, 0.1) is 10.1 Å². The lowest BCUT2D eigenvalue weighted by atomic mass is 10.2. The molecule has 0 radical (unpaired) electrons. The molecule has 1 N–H and O–H groups in total. The zero-order chi connectivity index (χ0) is 19.2. The normalized spacial score (nSPS) is 10.8. The number of ether oxygens (including phenoxy) is 3. The van der Waals surface area contributed by atoms with Crippen LogP contribution in [-0.2, 0) is 4.74 Å². The summed E-state index contributed by atoms with van der Waals surface area (Å²) in [5.41, 5.74) is -1.04. The average Bonchev–Trinajstić information content (AvgIpc) is 2.51. The number of nitro groups is 1. The third-order valence-corrected chi connectivity index (χ3v) is 2.82. The van der Waals surface area contributed by atoms with E-state index in [1.165, 1.54) is 19.1 Å². The molecule has 0 spiro atoms. The fourth-order valence-corrected chi connectivity index (χ4v) is 1.70. The van der Waals surface area contributed by atoms with Crippen LogP contribution in [0.3, 0.4) is 0 Å². The number of hydrogen-bond acceptors (Lipinski definition) is 9. The second-order valence-corrected chi connectivity index (χ2v) is 6.00. The average molecular weight is 357 g/mol. The Morgan fingerprint density at radius 1 is 1.24 bits per heavy atom. The van der Waals surface area contributed by atoms with Crippen LogP contribution in [0.2, 0.25) is 0 Å². The van der Waals surface area contributed by atoms with Gasteiger partial charge in [0.2, 0.25) is 5.95 Å². The second kappa shape index (κ2) is 8.31. The SMILES string of the molecule is COc1nc(NCCN(C)C(=O)OC(C)(C)C)nc(OC)c1[N+](=O)[O-]. The van der Waals surface area contributed by atoms with Crippen LogP contribution in [0.1, 0.15) is 20.8 Å². The first-order valence-electron chi connectivity index (χ1n) is 7.41. The van der Waals surface area contributed by atoms with Crippen molar-refractivity contribution >= 4 is 17.7 Å². The molecule has 0 aromatic carbocycles. The van der Waals surface area contributed by atoms with Gasteiger partial charge < -0.3 is 24.4 Å². The summed E-state index contributed by atoms with van der Waals surface area (Å²) in [7, 11) is 4.11. The molecule has 1 heterocycles. The van der Waals surface area contributed by atoms with Gasteiger partial charge >= 0.3 is 23.5 Å². The molecule has 0 aliphatic carbocycles. The molecule has 11 heteroatoms. The molecule has 140 valence electrons. The minimum absolute atomic E-state index is 0.0805. The van der Waals surface area contributed by atoms with Gasteiger partial charge in [-0.2, -0.15) is 9.97 Å². The predicted octanol–water partition coefficient (Wildman–Crippen LogP) is 1.68. The molecule has 0 aliphatic rings. The predicted molar refractivity (Wildman–Crippen MR) is 89.1 cm³/mol. The van der Waals surface area contributed by atoms with Crippen molar-refractivity contribution in [1.29, 1.82) is 0 Å². The maximum Gasteiger partial charge on any atom is 0.410 e. The smallest absolute Gasteiger partial charge is 0.410 e. The molecule has 0 atom stereocenters. The summed E-state index contributed by atoms with van der Waals surface area (Å²) < 4.78 is 15.1. The van der Waals surface area contributed by atoms with Crippen molar-refractivity contribution in [2.45, 2.75) is 26.4 Å². The summed E-state index contributed by atoms with van der Waals surface area (Å²) in [4.78, 5) is 31.4. The summed E-state index contributed by atoms with van der Waals surface area (Å²) in [5.74, 6) is -0.364. The minimum atomic E-state index is -0.683. The van der Waals surface area contributed by atoms with Crippen molar-refractivity contribution in [2.75, 3.05) is 39.7 Å². The topological polar surface area (TPSA) is 129 Å². The number of hydrogen-bond donors (Lipinski definition) is 1. The Morgan fingerprint density at radius 2 is 1.76 bits per heavy atom. The van der Waals surface area contributed by atoms with E-state index in [9.17, 15) is 14.9 Å². The monoisotopic (exact) mass is 357 g/mol. The molecule has 25 heavy (non-hydrogen) atoms. The Balaban J connectivity index is 2.75. The van der Waals surface area contributed by atoms with E-state index in [0.29, 0.717) is 13.1 Å². The second-order valence-electron chi connectivity index (χ2n) is 6.00. The molecule has 0 fully saturated rings. The van der Waals surface area contributed by atoms with E-state index < -0.39 is 22.3 Å². The molecule has 0 bridgehead atoms. The number of nitrogens with zero attached hydrogens (tertiary/aromatic N) is 4. The molecule has 11 nitrogen and oxygen atoms in total. The molecule has 0 unspecified atom stereocenters. The highest BCUT2D eigenvalue weighted by molar-refractivity contribution is 5.67. The maximum atomic E-state index is 11.9. The summed E-state index contributed by atoms with van der Waals surface area (Å²) in [6, 6.07) is 0. The Morgan fingerprint density at radius 3 is 2.16 bits per heavy atom. The van der Waals surface area contributed by atoms with Gasteiger partial charge in [-0.3, -0.25) is 10.1 Å². The fraction of sp³-hybridized carbons (Fsp3) is 0.643. The molecular formula is C14H23N5O6. The number of nitrogens with one attached hydrogen (secondary N) is 1. The molecule has 1 aromatic heterocycles. The van der Waals surface area contributed by atoms with Crippen molar-refractivity contribution in [3.63, 3.8) is 0 Å². The summed E-state index contributed by atoms with van der Waals surface area (Å²) in [6.45, 7) is 5.93. The fourth-order valence-electron chi connectivity index (χ4n) is 1.70. The Kier molecular flexibility index (Phi) is 6.71. The van der Waals surface area contributed by atoms with Crippen LogP contribution in [0.15, 0.2) is 0 Å². The molecule has 0 saturated carbocycles. The van der Waals surface area contributed by atoms with E-state index in [2.05, 4.69) is 15.3 Å². The van der Waals surface area contributed by atoms with Gasteiger partial charge in [0.05, 0.1) is 19.1 Å². The third kappa shape index (κ3) is 5.94. The van der Waals surface area contributed by atoms with E-state index in [0.717, 1.165) is 0 Å². The number of anilines is 1. The van der Waals surface area contributed by atoms with Crippen LogP contribution in [0.25, 0.3) is 0 Å². The largest absolute Gasteiger partial charge is 0.476 e. The molecular weight excluding hydrogens is 334 g/mol. The molecule has 0 aliphatic heterocycles. The van der Waals surface area contributed by atoms with Gasteiger partial charge in [-0.15, -0.1) is 0 Å². The molecule has 1 amide bonds. The summed E-state index contributed by atoms with van der Waals surface area (Å²) in [5, 5.41) is 13.9. The highest BCUT2D eigenvalue weighted by Crippen LogP contribution is 2.34. The molecule has 1 rings (SSSR count). The van der Waals surface area contributed by atoms with Crippen molar-refractivity contribution in [3.05, 3.63) is 10.1 Å². The Hall–Kier alpha value is -2.85. The van der Waals surface area contributed by atoms with E-state index in [1.54, 1.807) is 27.8 Å². The minimum Gasteiger partial charge on any atom is -0.476 e. The number of aromatic nitrogens is 2. The first-order chi connectivity index (χ1) is 11.6. The van der Waals surface area contributed by atoms with Crippen molar-refractivity contribution in [3.8, 4) is 11.8 Å². The zero-order valence-electron chi connectivity index (χ0n) is 15.2. The van der Waals surface area contributed by atoms with Crippen molar-refractivity contribution in [1.82, 2.24) is 14.9 Å². The number of methoxy groups -OCH3 is 2. The van der Waals surface area contributed by atoms with Crippen molar-refractivity contribution in [2.24, 2.45) is 0 Å². The van der Waals surface area contributed by atoms with Crippen LogP contribution in [0.4, 0.5) is 16.4 Å². The lowest BCUT2D eigenvalue weighted by Gasteiger charge is -2.24. The number of rotatable bonds is 7. The van der Waals surface area contributed by atoms with Gasteiger partial charge in [-0.05, 0) is 20.8 Å². The van der Waals surface area contributed by atoms with E-state index in [-0.39, 0.29) is 17.7 Å². The van der Waals surface area contributed by atoms with Gasteiger partial charge in [0.1, 0.15) is 5.60 Å².